The summed E-state index contributed by atoms with van der Waals surface area (Å²) in [6.45, 7) is 6.75. The molecule has 2 heterocycles. The number of aliphatic hydroxyl groups is 2. The van der Waals surface area contributed by atoms with E-state index in [0.717, 1.165) is 51.2 Å². The number of nitrogens with zero attached hydrogens (tertiary/aromatic N) is 1. The van der Waals surface area contributed by atoms with Crippen molar-refractivity contribution in [3.05, 3.63) is 0 Å². The Morgan fingerprint density at radius 1 is 1.11 bits per heavy atom. The Kier molecular flexibility index (Phi) is 10.5. The van der Waals surface area contributed by atoms with Gasteiger partial charge in [0.1, 0.15) is 12.1 Å². The molecule has 5 atom stereocenters. The van der Waals surface area contributed by atoms with Crippen molar-refractivity contribution in [2.45, 2.75) is 95.9 Å². The van der Waals surface area contributed by atoms with Crippen LogP contribution in [0.5, 0.6) is 0 Å². The Morgan fingerprint density at radius 2 is 1.78 bits per heavy atom. The average Bonchev–Trinajstić information content (AvgIpc) is 3.52. The highest BCUT2D eigenvalue weighted by Gasteiger charge is 2.49. The molecular formula is C28H48N4O4. The highest BCUT2D eigenvalue weighted by Crippen LogP contribution is 2.35. The molecule has 2 saturated carbocycles. The van der Waals surface area contributed by atoms with Crippen LogP contribution in [0.25, 0.3) is 0 Å². The van der Waals surface area contributed by atoms with E-state index in [9.17, 15) is 15.0 Å². The second kappa shape index (κ2) is 13.5. The molecule has 36 heavy (non-hydrogen) atoms. The molecule has 0 aromatic rings. The summed E-state index contributed by atoms with van der Waals surface area (Å²) >= 11 is 0. The van der Waals surface area contributed by atoms with Gasteiger partial charge in [0.2, 0.25) is 5.91 Å². The van der Waals surface area contributed by atoms with Crippen molar-refractivity contribution >= 4 is 5.91 Å². The molecule has 4 aliphatic rings. The van der Waals surface area contributed by atoms with Crippen molar-refractivity contribution in [2.24, 2.45) is 29.6 Å². The van der Waals surface area contributed by atoms with Crippen LogP contribution in [0.2, 0.25) is 0 Å². The lowest BCUT2D eigenvalue weighted by Crippen LogP contribution is -2.49. The lowest BCUT2D eigenvalue weighted by atomic mass is 9.80. The minimum Gasteiger partial charge on any atom is -0.396 e. The third-order valence-electron chi connectivity index (χ3n) is 8.84. The molecule has 1 unspecified atom stereocenters. The molecule has 8 nitrogen and oxygen atoms in total. The van der Waals surface area contributed by atoms with Crippen LogP contribution in [-0.2, 0) is 9.63 Å². The van der Waals surface area contributed by atoms with E-state index in [2.05, 4.69) is 34.7 Å². The van der Waals surface area contributed by atoms with Crippen molar-refractivity contribution in [1.82, 2.24) is 21.0 Å². The summed E-state index contributed by atoms with van der Waals surface area (Å²) in [5.74, 6) is 8.97. The topological polar surface area (TPSA) is 106 Å². The van der Waals surface area contributed by atoms with Crippen LogP contribution in [0.4, 0.5) is 0 Å². The fourth-order valence-electron chi connectivity index (χ4n) is 6.42. The van der Waals surface area contributed by atoms with Gasteiger partial charge in [-0.3, -0.25) is 9.63 Å². The Labute approximate surface area is 217 Å². The molecule has 4 fully saturated rings. The summed E-state index contributed by atoms with van der Waals surface area (Å²) in [5, 5.41) is 31.8. The number of carbonyl (C=O) groups excluding carboxylic acids is 1. The lowest BCUT2D eigenvalue weighted by molar-refractivity contribution is -0.193. The molecular weight excluding hydrogens is 456 g/mol. The monoisotopic (exact) mass is 504 g/mol. The first-order chi connectivity index (χ1) is 17.4. The van der Waals surface area contributed by atoms with E-state index in [1.807, 2.05) is 0 Å². The maximum absolute atomic E-state index is 13.2. The minimum absolute atomic E-state index is 0.121. The van der Waals surface area contributed by atoms with Gasteiger partial charge in [-0.05, 0) is 76.5 Å². The van der Waals surface area contributed by atoms with E-state index >= 15 is 0 Å². The number of hydrogen-bond acceptors (Lipinski definition) is 7. The second-order valence-electron chi connectivity index (χ2n) is 11.8. The van der Waals surface area contributed by atoms with Gasteiger partial charge in [-0.2, -0.15) is 5.06 Å². The number of nitrogens with one attached hydrogen (secondary N) is 3. The zero-order chi connectivity index (χ0) is 25.5. The molecule has 4 rings (SSSR count). The van der Waals surface area contributed by atoms with Crippen molar-refractivity contribution in [3.63, 3.8) is 0 Å². The maximum Gasteiger partial charge on any atom is 0.240 e. The highest BCUT2D eigenvalue weighted by molar-refractivity contribution is 5.82. The fourth-order valence-corrected chi connectivity index (χ4v) is 6.42. The molecule has 1 amide bonds. The van der Waals surface area contributed by atoms with Gasteiger partial charge in [0.25, 0.3) is 0 Å². The third-order valence-corrected chi connectivity index (χ3v) is 8.84. The van der Waals surface area contributed by atoms with Gasteiger partial charge in [0.15, 0.2) is 0 Å². The van der Waals surface area contributed by atoms with Gasteiger partial charge in [-0.25, -0.2) is 0 Å². The predicted molar refractivity (Wildman–Crippen MR) is 139 cm³/mol. The van der Waals surface area contributed by atoms with Gasteiger partial charge in [-0.1, -0.05) is 18.8 Å². The number of rotatable bonds is 8. The molecule has 2 aliphatic carbocycles. The SMILES string of the molecule is CC1CCC(C#CC2CCC(CN3O[C@H]([C@@H](C)O)[C@H](CO)[C@@H]3C(=O)NCCC3CNCN3)CC2)CC1. The lowest BCUT2D eigenvalue weighted by Gasteiger charge is -2.31. The normalized spacial score (nSPS) is 38.3. The van der Waals surface area contributed by atoms with Crippen LogP contribution >= 0.6 is 0 Å². The molecule has 5 N–H and O–H groups in total. The summed E-state index contributed by atoms with van der Waals surface area (Å²) in [6, 6.07) is -0.226. The van der Waals surface area contributed by atoms with Crippen molar-refractivity contribution in [1.29, 1.82) is 0 Å². The second-order valence-corrected chi connectivity index (χ2v) is 11.8. The van der Waals surface area contributed by atoms with E-state index < -0.39 is 24.2 Å². The molecule has 8 heteroatoms. The number of carbonyl (C=O) groups is 1. The predicted octanol–water partition coefficient (Wildman–Crippen LogP) is 1.62. The molecule has 0 radical (unpaired) electrons. The zero-order valence-corrected chi connectivity index (χ0v) is 22.3. The highest BCUT2D eigenvalue weighted by atomic mass is 16.7. The number of amides is 1. The Morgan fingerprint density at radius 3 is 2.36 bits per heavy atom. The summed E-state index contributed by atoms with van der Waals surface area (Å²) in [5.41, 5.74) is 0. The van der Waals surface area contributed by atoms with Crippen LogP contribution in [0.15, 0.2) is 0 Å². The summed E-state index contributed by atoms with van der Waals surface area (Å²) in [6.07, 6.45) is 8.97. The molecule has 0 aromatic carbocycles. The van der Waals surface area contributed by atoms with Gasteiger partial charge < -0.3 is 26.2 Å². The third kappa shape index (κ3) is 7.43. The van der Waals surface area contributed by atoms with Crippen molar-refractivity contribution in [2.75, 3.05) is 32.9 Å². The minimum atomic E-state index is -0.759. The summed E-state index contributed by atoms with van der Waals surface area (Å²) < 4.78 is 0. The van der Waals surface area contributed by atoms with E-state index in [1.165, 1.54) is 25.7 Å². The zero-order valence-electron chi connectivity index (χ0n) is 22.3. The Bertz CT molecular complexity index is 746. The number of hydroxylamine groups is 2. The summed E-state index contributed by atoms with van der Waals surface area (Å²) in [4.78, 5) is 19.4. The van der Waals surface area contributed by atoms with E-state index in [4.69, 9.17) is 4.84 Å². The fraction of sp³-hybridized carbons (Fsp3) is 0.893. The average molecular weight is 505 g/mol. The molecule has 0 aromatic heterocycles. The number of hydrogen-bond donors (Lipinski definition) is 5. The van der Waals surface area contributed by atoms with Gasteiger partial charge in [0, 0.05) is 50.1 Å². The van der Waals surface area contributed by atoms with E-state index in [0.29, 0.717) is 36.9 Å². The first-order valence-corrected chi connectivity index (χ1v) is 14.4. The number of aliphatic hydroxyl groups excluding tert-OH is 2. The van der Waals surface area contributed by atoms with E-state index in [1.54, 1.807) is 12.0 Å². The van der Waals surface area contributed by atoms with Crippen LogP contribution < -0.4 is 16.0 Å². The van der Waals surface area contributed by atoms with Gasteiger partial charge >= 0.3 is 0 Å². The Balaban J connectivity index is 1.29. The molecule has 2 aliphatic heterocycles. The molecule has 204 valence electrons. The standard InChI is InChI=1S/C28H48N4O4/c1-19-3-5-21(6-4-19)7-8-22-9-11-23(12-10-22)16-32-26(25(17-33)27(36-32)20(2)34)28(35)30-14-13-24-15-29-18-31-24/h19-27,29,31,33-34H,3-6,9-18H2,1-2H3,(H,30,35)/t19?,20-,21?,22?,23?,24?,25-,26-,27-/m1/s1. The smallest absolute Gasteiger partial charge is 0.240 e. The van der Waals surface area contributed by atoms with E-state index in [-0.39, 0.29) is 12.5 Å². The Hall–Kier alpha value is -1.21. The molecule has 0 spiro atoms. The van der Waals surface area contributed by atoms with Crippen LogP contribution in [0, 0.1) is 41.4 Å². The van der Waals surface area contributed by atoms with Gasteiger partial charge in [-0.15, -0.1) is 0 Å². The van der Waals surface area contributed by atoms with Crippen LogP contribution in [0.1, 0.15) is 71.6 Å². The largest absolute Gasteiger partial charge is 0.396 e. The first-order valence-electron chi connectivity index (χ1n) is 14.4. The first kappa shape index (κ1) is 27.8. The van der Waals surface area contributed by atoms with Crippen molar-refractivity contribution < 1.29 is 19.8 Å². The molecule has 0 bridgehead atoms. The van der Waals surface area contributed by atoms with Crippen LogP contribution in [0.3, 0.4) is 0 Å². The van der Waals surface area contributed by atoms with Crippen molar-refractivity contribution in [3.8, 4) is 11.8 Å². The maximum atomic E-state index is 13.2. The quantitative estimate of drug-likeness (QED) is 0.320. The summed E-state index contributed by atoms with van der Waals surface area (Å²) in [7, 11) is 0. The molecule has 2 saturated heterocycles. The van der Waals surface area contributed by atoms with Crippen LogP contribution in [-0.4, -0.2) is 78.4 Å². The van der Waals surface area contributed by atoms with Gasteiger partial charge in [0.05, 0.1) is 12.7 Å².